The number of nitro benzene ring substituents is 1. The monoisotopic (exact) mass is 286 g/mol. The molecule has 0 bridgehead atoms. The number of nitrogens with zero attached hydrogens (tertiary/aromatic N) is 1. The van der Waals surface area contributed by atoms with Gasteiger partial charge in [-0.2, -0.15) is 0 Å². The molecule has 0 saturated heterocycles. The minimum absolute atomic E-state index is 0.0315. The number of carboxylic acids is 1. The van der Waals surface area contributed by atoms with E-state index >= 15 is 0 Å². The Bertz CT molecular complexity index is 545. The van der Waals surface area contributed by atoms with E-state index in [4.69, 9.17) is 5.11 Å². The lowest BCUT2D eigenvalue weighted by molar-refractivity contribution is -0.384. The minimum Gasteiger partial charge on any atom is -0.478 e. The molecule has 0 heterocycles. The molecule has 0 fully saturated rings. The number of aromatic carboxylic acids is 1. The van der Waals surface area contributed by atoms with Crippen LogP contribution in [-0.2, 0) is 0 Å². The quantitative estimate of drug-likeness (QED) is 0.544. The Morgan fingerprint density at radius 3 is 2.60 bits per heavy atom. The van der Waals surface area contributed by atoms with Gasteiger partial charge in [0.25, 0.3) is 5.69 Å². The third-order valence-corrected chi connectivity index (χ3v) is 2.93. The summed E-state index contributed by atoms with van der Waals surface area (Å²) in [5, 5.41) is 32.0. The van der Waals surface area contributed by atoms with Crippen molar-refractivity contribution in [2.24, 2.45) is 0 Å². The maximum Gasteiger partial charge on any atom is 0.338 e. The fourth-order valence-corrected chi connectivity index (χ4v) is 1.43. The number of halogens is 1. The van der Waals surface area contributed by atoms with Gasteiger partial charge in [-0.05, 0) is 13.3 Å². The number of carbonyl (C=O) groups is 1. The fraction of sp³-hybridized carbons (Fsp3) is 0.417. The number of hydrogen-bond acceptors (Lipinski definition) is 5. The molecule has 0 amide bonds. The third-order valence-electron chi connectivity index (χ3n) is 2.93. The Hall–Kier alpha value is -2.22. The molecule has 0 aromatic heterocycles. The average molecular weight is 286 g/mol. The first-order chi connectivity index (χ1) is 9.18. The van der Waals surface area contributed by atoms with Gasteiger partial charge < -0.3 is 15.5 Å². The summed E-state index contributed by atoms with van der Waals surface area (Å²) in [6.07, 6.45) is 0.392. The number of rotatable bonds is 6. The molecule has 20 heavy (non-hydrogen) atoms. The van der Waals surface area contributed by atoms with Crippen LogP contribution in [0.25, 0.3) is 0 Å². The standard InChI is InChI=1S/C12H15FN2O5/c1-3-12(2,18)6-14-9-5-8(13)7(11(16)17)4-10(9)15(19)20/h4-5,14,18H,3,6H2,1-2H3,(H,16,17). The molecule has 0 spiro atoms. The summed E-state index contributed by atoms with van der Waals surface area (Å²) in [4.78, 5) is 20.8. The molecule has 0 aliphatic carbocycles. The molecule has 1 atom stereocenters. The SMILES string of the molecule is CCC(C)(O)CNc1cc(F)c(C(=O)O)cc1[N+](=O)[O-]. The highest BCUT2D eigenvalue weighted by molar-refractivity contribution is 5.90. The Morgan fingerprint density at radius 1 is 1.55 bits per heavy atom. The largest absolute Gasteiger partial charge is 0.478 e. The van der Waals surface area contributed by atoms with Crippen LogP contribution in [0.15, 0.2) is 12.1 Å². The zero-order valence-electron chi connectivity index (χ0n) is 11.0. The van der Waals surface area contributed by atoms with Crippen LogP contribution in [0.3, 0.4) is 0 Å². The molecule has 0 saturated carbocycles. The van der Waals surface area contributed by atoms with Gasteiger partial charge in [0.05, 0.1) is 10.5 Å². The molecule has 1 rings (SSSR count). The number of nitrogens with one attached hydrogen (secondary N) is 1. The van der Waals surface area contributed by atoms with Crippen molar-refractivity contribution < 1.29 is 24.3 Å². The molecule has 1 unspecified atom stereocenters. The van der Waals surface area contributed by atoms with Crippen molar-refractivity contribution in [1.82, 2.24) is 0 Å². The number of nitro groups is 1. The molecule has 0 aliphatic rings. The van der Waals surface area contributed by atoms with Gasteiger partial charge in [0.1, 0.15) is 17.1 Å². The summed E-state index contributed by atoms with van der Waals surface area (Å²) in [6.45, 7) is 3.22. The van der Waals surface area contributed by atoms with E-state index in [0.717, 1.165) is 6.07 Å². The van der Waals surface area contributed by atoms with Crippen LogP contribution in [0.2, 0.25) is 0 Å². The van der Waals surface area contributed by atoms with E-state index in [-0.39, 0.29) is 12.2 Å². The molecule has 0 radical (unpaired) electrons. The van der Waals surface area contributed by atoms with Crippen molar-refractivity contribution in [3.63, 3.8) is 0 Å². The van der Waals surface area contributed by atoms with Gasteiger partial charge in [-0.3, -0.25) is 10.1 Å². The highest BCUT2D eigenvalue weighted by Gasteiger charge is 2.24. The van der Waals surface area contributed by atoms with Crippen LogP contribution in [0, 0.1) is 15.9 Å². The first-order valence-electron chi connectivity index (χ1n) is 5.85. The molecular weight excluding hydrogens is 271 g/mol. The van der Waals surface area contributed by atoms with Gasteiger partial charge >= 0.3 is 5.97 Å². The number of benzene rings is 1. The normalized spacial score (nSPS) is 13.6. The summed E-state index contributed by atoms with van der Waals surface area (Å²) in [6, 6.07) is 1.40. The summed E-state index contributed by atoms with van der Waals surface area (Å²) in [5.74, 6) is -2.67. The van der Waals surface area contributed by atoms with Crippen LogP contribution in [-0.4, -0.2) is 33.3 Å². The molecule has 1 aromatic rings. The number of anilines is 1. The topological polar surface area (TPSA) is 113 Å². The maximum absolute atomic E-state index is 13.5. The Morgan fingerprint density at radius 2 is 2.15 bits per heavy atom. The first-order valence-corrected chi connectivity index (χ1v) is 5.85. The van der Waals surface area contributed by atoms with Crippen LogP contribution in [0.5, 0.6) is 0 Å². The maximum atomic E-state index is 13.5. The molecule has 3 N–H and O–H groups in total. The number of aliphatic hydroxyl groups is 1. The van der Waals surface area contributed by atoms with Gasteiger partial charge in [-0.1, -0.05) is 6.92 Å². The molecule has 7 nitrogen and oxygen atoms in total. The summed E-state index contributed by atoms with van der Waals surface area (Å²) in [7, 11) is 0. The van der Waals surface area contributed by atoms with Crippen LogP contribution in [0.1, 0.15) is 30.6 Å². The lowest BCUT2D eigenvalue weighted by Gasteiger charge is -2.22. The van der Waals surface area contributed by atoms with E-state index < -0.39 is 33.6 Å². The Labute approximate surface area is 114 Å². The van der Waals surface area contributed by atoms with Crippen LogP contribution < -0.4 is 5.32 Å². The predicted molar refractivity (Wildman–Crippen MR) is 69.4 cm³/mol. The van der Waals surface area contributed by atoms with E-state index in [1.807, 2.05) is 0 Å². The van der Waals surface area contributed by atoms with Crippen molar-refractivity contribution >= 4 is 17.3 Å². The van der Waals surface area contributed by atoms with E-state index in [0.29, 0.717) is 12.5 Å². The smallest absolute Gasteiger partial charge is 0.338 e. The summed E-state index contributed by atoms with van der Waals surface area (Å²) in [5.41, 5.74) is -2.62. The molecule has 0 aliphatic heterocycles. The van der Waals surface area contributed by atoms with E-state index in [1.165, 1.54) is 6.92 Å². The highest BCUT2D eigenvalue weighted by atomic mass is 19.1. The Balaban J connectivity index is 3.16. The van der Waals surface area contributed by atoms with Gasteiger partial charge in [0.15, 0.2) is 0 Å². The van der Waals surface area contributed by atoms with Crippen LogP contribution in [0.4, 0.5) is 15.8 Å². The van der Waals surface area contributed by atoms with E-state index in [1.54, 1.807) is 6.92 Å². The molecule has 8 heteroatoms. The van der Waals surface area contributed by atoms with E-state index in [9.17, 15) is 24.4 Å². The molecule has 110 valence electrons. The minimum atomic E-state index is -1.59. The zero-order chi connectivity index (χ0) is 15.5. The Kier molecular flexibility index (Phi) is 4.61. The second-order valence-electron chi connectivity index (χ2n) is 4.62. The van der Waals surface area contributed by atoms with Gasteiger partial charge in [0.2, 0.25) is 0 Å². The summed E-state index contributed by atoms with van der Waals surface area (Å²) >= 11 is 0. The summed E-state index contributed by atoms with van der Waals surface area (Å²) < 4.78 is 13.5. The number of carboxylic acid groups (broad SMARTS) is 1. The van der Waals surface area contributed by atoms with Crippen molar-refractivity contribution in [3.8, 4) is 0 Å². The average Bonchev–Trinajstić information content (AvgIpc) is 2.35. The van der Waals surface area contributed by atoms with Crippen molar-refractivity contribution in [2.75, 3.05) is 11.9 Å². The van der Waals surface area contributed by atoms with Gasteiger partial charge in [-0.15, -0.1) is 0 Å². The number of hydrogen-bond donors (Lipinski definition) is 3. The zero-order valence-corrected chi connectivity index (χ0v) is 11.0. The first kappa shape index (κ1) is 15.8. The predicted octanol–water partition coefficient (Wildman–Crippen LogP) is 2.00. The van der Waals surface area contributed by atoms with Crippen molar-refractivity contribution in [3.05, 3.63) is 33.6 Å². The second kappa shape index (κ2) is 5.83. The lowest BCUT2D eigenvalue weighted by Crippen LogP contribution is -2.32. The second-order valence-corrected chi connectivity index (χ2v) is 4.62. The fourth-order valence-electron chi connectivity index (χ4n) is 1.43. The third kappa shape index (κ3) is 3.64. The van der Waals surface area contributed by atoms with Crippen molar-refractivity contribution in [2.45, 2.75) is 25.9 Å². The van der Waals surface area contributed by atoms with Crippen molar-refractivity contribution in [1.29, 1.82) is 0 Å². The lowest BCUT2D eigenvalue weighted by atomic mass is 10.0. The molecular formula is C12H15FN2O5. The van der Waals surface area contributed by atoms with Gasteiger partial charge in [0, 0.05) is 18.7 Å². The van der Waals surface area contributed by atoms with Crippen LogP contribution >= 0.6 is 0 Å². The van der Waals surface area contributed by atoms with E-state index in [2.05, 4.69) is 5.32 Å². The highest BCUT2D eigenvalue weighted by Crippen LogP contribution is 2.28. The van der Waals surface area contributed by atoms with Gasteiger partial charge in [-0.25, -0.2) is 9.18 Å². The molecule has 1 aromatic carbocycles.